The van der Waals surface area contributed by atoms with Gasteiger partial charge in [-0.15, -0.1) is 0 Å². The minimum absolute atomic E-state index is 0.753. The Morgan fingerprint density at radius 3 is 2.53 bits per heavy atom. The summed E-state index contributed by atoms with van der Waals surface area (Å²) in [6.07, 6.45) is 10.9. The van der Waals surface area contributed by atoms with E-state index in [-0.39, 0.29) is 0 Å². The highest BCUT2D eigenvalue weighted by Crippen LogP contribution is 2.21. The van der Waals surface area contributed by atoms with Crippen LogP contribution < -0.4 is 5.32 Å². The zero-order valence-corrected chi connectivity index (χ0v) is 11.8. The lowest BCUT2D eigenvalue weighted by Gasteiger charge is -2.22. The third kappa shape index (κ3) is 7.05. The van der Waals surface area contributed by atoms with Gasteiger partial charge in [-0.25, -0.2) is 0 Å². The van der Waals surface area contributed by atoms with E-state index in [2.05, 4.69) is 19.2 Å². The summed E-state index contributed by atoms with van der Waals surface area (Å²) in [5, 5.41) is 3.56. The van der Waals surface area contributed by atoms with Crippen molar-refractivity contribution < 1.29 is 4.74 Å². The summed E-state index contributed by atoms with van der Waals surface area (Å²) in [7, 11) is 0. The van der Waals surface area contributed by atoms with Crippen LogP contribution in [0.1, 0.15) is 65.2 Å². The Labute approximate surface area is 108 Å². The quantitative estimate of drug-likeness (QED) is 0.621. The molecule has 0 aromatic heterocycles. The lowest BCUT2D eigenvalue weighted by molar-refractivity contribution is 0.0631. The Morgan fingerprint density at radius 1 is 1.12 bits per heavy atom. The predicted octanol–water partition coefficient (Wildman–Crippen LogP) is 3.75. The van der Waals surface area contributed by atoms with Gasteiger partial charge >= 0.3 is 0 Å². The first kappa shape index (κ1) is 15.0. The normalized spacial score (nSPS) is 19.4. The summed E-state index contributed by atoms with van der Waals surface area (Å²) in [4.78, 5) is 0. The van der Waals surface area contributed by atoms with Crippen LogP contribution in [0.25, 0.3) is 0 Å². The van der Waals surface area contributed by atoms with Gasteiger partial charge in [-0.05, 0) is 38.1 Å². The summed E-state index contributed by atoms with van der Waals surface area (Å²) in [6, 6.07) is 0.753. The molecule has 2 heteroatoms. The lowest BCUT2D eigenvalue weighted by Crippen LogP contribution is -2.27. The van der Waals surface area contributed by atoms with E-state index in [1.54, 1.807) is 0 Å². The third-order valence-electron chi connectivity index (χ3n) is 3.99. The molecule has 1 unspecified atom stereocenters. The first-order chi connectivity index (χ1) is 8.36. The maximum Gasteiger partial charge on any atom is 0.0468 e. The second-order valence-electron chi connectivity index (χ2n) is 5.36. The average molecular weight is 241 g/mol. The maximum absolute atomic E-state index is 5.39. The van der Waals surface area contributed by atoms with Crippen LogP contribution in [-0.4, -0.2) is 25.8 Å². The molecule has 1 aliphatic rings. The van der Waals surface area contributed by atoms with E-state index in [1.165, 1.54) is 51.4 Å². The number of hydrogen-bond acceptors (Lipinski definition) is 2. The SMILES string of the molecule is CCNC(CC)CCCCCC1CCOCC1. The molecule has 1 heterocycles. The second-order valence-corrected chi connectivity index (χ2v) is 5.36. The molecule has 0 radical (unpaired) electrons. The van der Waals surface area contributed by atoms with Gasteiger partial charge in [0.1, 0.15) is 0 Å². The van der Waals surface area contributed by atoms with E-state index in [1.807, 2.05) is 0 Å². The van der Waals surface area contributed by atoms with Gasteiger partial charge in [-0.3, -0.25) is 0 Å². The van der Waals surface area contributed by atoms with E-state index in [0.29, 0.717) is 0 Å². The predicted molar refractivity (Wildman–Crippen MR) is 74.4 cm³/mol. The zero-order chi connectivity index (χ0) is 12.3. The standard InChI is InChI=1S/C15H31NO/c1-3-15(16-4-2)9-7-5-6-8-14-10-12-17-13-11-14/h14-16H,3-13H2,1-2H3. The Balaban J connectivity index is 1.92. The molecule has 2 nitrogen and oxygen atoms in total. The van der Waals surface area contributed by atoms with Crippen molar-refractivity contribution >= 4 is 0 Å². The summed E-state index contributed by atoms with van der Waals surface area (Å²) < 4.78 is 5.39. The van der Waals surface area contributed by atoms with Crippen molar-refractivity contribution in [1.82, 2.24) is 5.32 Å². The van der Waals surface area contributed by atoms with E-state index in [0.717, 1.165) is 31.7 Å². The van der Waals surface area contributed by atoms with Crippen molar-refractivity contribution in [2.24, 2.45) is 5.92 Å². The molecular weight excluding hydrogens is 210 g/mol. The molecule has 1 rings (SSSR count). The molecular formula is C15H31NO. The highest BCUT2D eigenvalue weighted by molar-refractivity contribution is 4.66. The van der Waals surface area contributed by atoms with Crippen LogP contribution >= 0.6 is 0 Å². The molecule has 1 N–H and O–H groups in total. The van der Waals surface area contributed by atoms with Gasteiger partial charge in [0.15, 0.2) is 0 Å². The molecule has 0 amide bonds. The van der Waals surface area contributed by atoms with Crippen LogP contribution in [0.4, 0.5) is 0 Å². The molecule has 0 bridgehead atoms. The fourth-order valence-electron chi connectivity index (χ4n) is 2.77. The minimum Gasteiger partial charge on any atom is -0.381 e. The maximum atomic E-state index is 5.39. The van der Waals surface area contributed by atoms with Gasteiger partial charge < -0.3 is 10.1 Å². The Hall–Kier alpha value is -0.0800. The Kier molecular flexibility index (Phi) is 8.72. The molecule has 0 aliphatic carbocycles. The van der Waals surface area contributed by atoms with Crippen LogP contribution in [0.3, 0.4) is 0 Å². The van der Waals surface area contributed by atoms with E-state index >= 15 is 0 Å². The number of hydrogen-bond donors (Lipinski definition) is 1. The van der Waals surface area contributed by atoms with Gasteiger partial charge in [0.2, 0.25) is 0 Å². The molecule has 17 heavy (non-hydrogen) atoms. The number of nitrogens with one attached hydrogen (secondary N) is 1. The molecule has 1 aliphatic heterocycles. The second kappa shape index (κ2) is 9.90. The van der Waals surface area contributed by atoms with Crippen molar-refractivity contribution in [1.29, 1.82) is 0 Å². The van der Waals surface area contributed by atoms with Crippen LogP contribution in [0.15, 0.2) is 0 Å². The van der Waals surface area contributed by atoms with E-state index < -0.39 is 0 Å². The molecule has 0 spiro atoms. The van der Waals surface area contributed by atoms with Crippen LogP contribution in [0.2, 0.25) is 0 Å². The van der Waals surface area contributed by atoms with Crippen LogP contribution in [-0.2, 0) is 4.74 Å². The smallest absolute Gasteiger partial charge is 0.0468 e. The number of unbranched alkanes of at least 4 members (excludes halogenated alkanes) is 2. The van der Waals surface area contributed by atoms with Crippen molar-refractivity contribution in [3.8, 4) is 0 Å². The van der Waals surface area contributed by atoms with Crippen molar-refractivity contribution in [3.05, 3.63) is 0 Å². The van der Waals surface area contributed by atoms with Gasteiger partial charge in [0.05, 0.1) is 0 Å². The van der Waals surface area contributed by atoms with Crippen molar-refractivity contribution in [2.75, 3.05) is 19.8 Å². The van der Waals surface area contributed by atoms with Gasteiger partial charge in [0, 0.05) is 19.3 Å². The number of ether oxygens (including phenoxy) is 1. The summed E-state index contributed by atoms with van der Waals surface area (Å²) in [6.45, 7) is 7.61. The van der Waals surface area contributed by atoms with E-state index in [9.17, 15) is 0 Å². The largest absolute Gasteiger partial charge is 0.381 e. The first-order valence-electron chi connectivity index (χ1n) is 7.68. The fourth-order valence-corrected chi connectivity index (χ4v) is 2.77. The van der Waals surface area contributed by atoms with Crippen LogP contribution in [0.5, 0.6) is 0 Å². The lowest BCUT2D eigenvalue weighted by atomic mass is 9.93. The topological polar surface area (TPSA) is 21.3 Å². The summed E-state index contributed by atoms with van der Waals surface area (Å²) in [5.74, 6) is 0.958. The van der Waals surface area contributed by atoms with E-state index in [4.69, 9.17) is 4.74 Å². The number of rotatable bonds is 9. The molecule has 0 aromatic rings. The molecule has 0 aromatic carbocycles. The molecule has 1 fully saturated rings. The van der Waals surface area contributed by atoms with Gasteiger partial charge in [-0.1, -0.05) is 39.5 Å². The monoisotopic (exact) mass is 241 g/mol. The molecule has 1 saturated heterocycles. The van der Waals surface area contributed by atoms with Crippen LogP contribution in [0, 0.1) is 5.92 Å². The Bertz CT molecular complexity index is 160. The van der Waals surface area contributed by atoms with Gasteiger partial charge in [0.25, 0.3) is 0 Å². The minimum atomic E-state index is 0.753. The fraction of sp³-hybridized carbons (Fsp3) is 1.00. The molecule has 102 valence electrons. The zero-order valence-electron chi connectivity index (χ0n) is 11.8. The summed E-state index contributed by atoms with van der Waals surface area (Å²) >= 11 is 0. The summed E-state index contributed by atoms with van der Waals surface area (Å²) in [5.41, 5.74) is 0. The first-order valence-corrected chi connectivity index (χ1v) is 7.68. The van der Waals surface area contributed by atoms with Crippen molar-refractivity contribution in [3.63, 3.8) is 0 Å². The third-order valence-corrected chi connectivity index (χ3v) is 3.99. The molecule has 0 saturated carbocycles. The average Bonchev–Trinajstić information content (AvgIpc) is 2.38. The van der Waals surface area contributed by atoms with Gasteiger partial charge in [-0.2, -0.15) is 0 Å². The highest BCUT2D eigenvalue weighted by atomic mass is 16.5. The Morgan fingerprint density at radius 2 is 1.88 bits per heavy atom. The van der Waals surface area contributed by atoms with Crippen molar-refractivity contribution in [2.45, 2.75) is 71.3 Å². The molecule has 1 atom stereocenters. The highest BCUT2D eigenvalue weighted by Gasteiger charge is 2.12.